The Morgan fingerprint density at radius 2 is 1.84 bits per heavy atom. The maximum absolute atomic E-state index is 14.2. The Bertz CT molecular complexity index is 1350. The van der Waals surface area contributed by atoms with Gasteiger partial charge >= 0.3 is 0 Å². The Morgan fingerprint density at radius 1 is 1.08 bits per heavy atom. The standard InChI is InChI=1S/C30H34N4O3/c1-4-20-16-22-24(17-26(20)34-9-7-21(8-10-34)33-11-13-36-14-12-33)28(2,3)30-29(37-30,27(22)35)23-6-5-19(18-31)15-25(23)32-30/h5-6,15-17,21,32H,4,7-14H2,1-3H3. The van der Waals surface area contributed by atoms with Crippen molar-refractivity contribution in [1.29, 1.82) is 5.26 Å². The Balaban J connectivity index is 1.25. The van der Waals surface area contributed by atoms with Crippen LogP contribution in [0.15, 0.2) is 30.3 Å². The molecule has 5 aliphatic rings. The number of benzene rings is 2. The molecular formula is C30H34N4O3. The van der Waals surface area contributed by atoms with E-state index in [0.29, 0.717) is 11.6 Å². The second-order valence-corrected chi connectivity index (χ2v) is 11.7. The van der Waals surface area contributed by atoms with Crippen molar-refractivity contribution in [3.05, 3.63) is 58.1 Å². The molecule has 2 unspecified atom stereocenters. The maximum Gasteiger partial charge on any atom is 0.209 e. The summed E-state index contributed by atoms with van der Waals surface area (Å²) < 4.78 is 12.0. The number of epoxide rings is 1. The van der Waals surface area contributed by atoms with Gasteiger partial charge in [-0.25, -0.2) is 0 Å². The van der Waals surface area contributed by atoms with Gasteiger partial charge in [-0.2, -0.15) is 5.26 Å². The van der Waals surface area contributed by atoms with Gasteiger partial charge < -0.3 is 19.7 Å². The van der Waals surface area contributed by atoms with Crippen LogP contribution in [0.25, 0.3) is 0 Å². The molecule has 4 aliphatic heterocycles. The molecule has 0 amide bonds. The monoisotopic (exact) mass is 498 g/mol. The number of rotatable bonds is 3. The van der Waals surface area contributed by atoms with E-state index in [9.17, 15) is 10.1 Å². The highest BCUT2D eigenvalue weighted by atomic mass is 16.7. The first-order chi connectivity index (χ1) is 17.9. The highest BCUT2D eigenvalue weighted by Gasteiger charge is 2.87. The van der Waals surface area contributed by atoms with E-state index in [0.717, 1.165) is 81.0 Å². The van der Waals surface area contributed by atoms with Gasteiger partial charge in [0.05, 0.1) is 24.8 Å². The molecule has 0 bridgehead atoms. The normalized spacial score (nSPS) is 30.0. The first kappa shape index (κ1) is 23.2. The number of aryl methyl sites for hydroxylation is 1. The number of fused-ring (bicyclic) bond motifs is 2. The van der Waals surface area contributed by atoms with Gasteiger partial charge in [0.15, 0.2) is 5.72 Å². The van der Waals surface area contributed by atoms with Crippen LogP contribution in [0.1, 0.15) is 66.2 Å². The second-order valence-electron chi connectivity index (χ2n) is 11.7. The number of nitrogens with zero attached hydrogens (tertiary/aromatic N) is 3. The van der Waals surface area contributed by atoms with Gasteiger partial charge in [-0.3, -0.25) is 9.69 Å². The smallest absolute Gasteiger partial charge is 0.209 e. The minimum absolute atomic E-state index is 0.0325. The van der Waals surface area contributed by atoms with Crippen LogP contribution < -0.4 is 10.2 Å². The summed E-state index contributed by atoms with van der Waals surface area (Å²) in [6, 6.07) is 12.8. The number of Topliss-reactive ketones (excluding diaryl/α,β-unsaturated/α-hetero) is 1. The van der Waals surface area contributed by atoms with E-state index in [1.807, 2.05) is 12.1 Å². The number of anilines is 2. The topological polar surface area (TPSA) is 81.1 Å². The first-order valence-corrected chi connectivity index (χ1v) is 13.7. The summed E-state index contributed by atoms with van der Waals surface area (Å²) in [5.74, 6) is 0.0325. The summed E-state index contributed by atoms with van der Waals surface area (Å²) in [7, 11) is 0. The van der Waals surface area contributed by atoms with Gasteiger partial charge in [0, 0.05) is 60.1 Å². The lowest BCUT2D eigenvalue weighted by molar-refractivity contribution is 0.0115. The molecule has 0 aromatic heterocycles. The molecule has 2 aromatic carbocycles. The molecule has 1 N–H and O–H groups in total. The molecule has 1 aliphatic carbocycles. The fourth-order valence-corrected chi connectivity index (χ4v) is 7.54. The van der Waals surface area contributed by atoms with Crippen molar-refractivity contribution in [2.45, 2.75) is 62.8 Å². The summed E-state index contributed by atoms with van der Waals surface area (Å²) in [5.41, 5.74) is 4.28. The zero-order valence-electron chi connectivity index (χ0n) is 21.9. The number of piperidine rings is 1. The van der Waals surface area contributed by atoms with Crippen LogP contribution in [0.4, 0.5) is 11.4 Å². The van der Waals surface area contributed by atoms with E-state index in [4.69, 9.17) is 9.47 Å². The van der Waals surface area contributed by atoms with Crippen LogP contribution in [0, 0.1) is 11.3 Å². The number of morpholine rings is 1. The number of nitrogens with one attached hydrogen (secondary N) is 1. The highest BCUT2D eigenvalue weighted by Crippen LogP contribution is 2.73. The highest BCUT2D eigenvalue weighted by molar-refractivity contribution is 6.12. The van der Waals surface area contributed by atoms with Crippen LogP contribution >= 0.6 is 0 Å². The molecule has 37 heavy (non-hydrogen) atoms. The summed E-state index contributed by atoms with van der Waals surface area (Å²) in [4.78, 5) is 19.3. The minimum atomic E-state index is -1.02. The number of hydrogen-bond acceptors (Lipinski definition) is 7. The number of carbonyl (C=O) groups is 1. The molecule has 0 radical (unpaired) electrons. The van der Waals surface area contributed by atoms with Gasteiger partial charge in [-0.05, 0) is 54.7 Å². The van der Waals surface area contributed by atoms with Crippen molar-refractivity contribution in [1.82, 2.24) is 4.90 Å². The third-order valence-electron chi connectivity index (χ3n) is 9.68. The van der Waals surface area contributed by atoms with Crippen LogP contribution in [-0.2, 0) is 26.9 Å². The molecule has 2 atom stereocenters. The molecule has 4 heterocycles. The minimum Gasteiger partial charge on any atom is -0.379 e. The maximum atomic E-state index is 14.2. The lowest BCUT2D eigenvalue weighted by atomic mass is 9.63. The van der Waals surface area contributed by atoms with E-state index in [2.05, 4.69) is 54.1 Å². The molecule has 7 nitrogen and oxygen atoms in total. The van der Waals surface area contributed by atoms with Crippen LogP contribution in [0.5, 0.6) is 0 Å². The number of ketones is 1. The van der Waals surface area contributed by atoms with E-state index in [1.54, 1.807) is 6.07 Å². The van der Waals surface area contributed by atoms with Crippen molar-refractivity contribution < 1.29 is 14.3 Å². The lowest BCUT2D eigenvalue weighted by Gasteiger charge is -2.42. The number of nitriles is 1. The molecule has 7 heteroatoms. The largest absolute Gasteiger partial charge is 0.379 e. The van der Waals surface area contributed by atoms with Gasteiger partial charge in [0.25, 0.3) is 0 Å². The average Bonchev–Trinajstić information content (AvgIpc) is 3.55. The predicted molar refractivity (Wildman–Crippen MR) is 141 cm³/mol. The van der Waals surface area contributed by atoms with Crippen LogP contribution in [0.3, 0.4) is 0 Å². The fourth-order valence-electron chi connectivity index (χ4n) is 7.54. The summed E-state index contributed by atoms with van der Waals surface area (Å²) in [5, 5.41) is 13.0. The summed E-state index contributed by atoms with van der Waals surface area (Å²) in [6.45, 7) is 12.3. The molecule has 0 saturated carbocycles. The zero-order valence-corrected chi connectivity index (χ0v) is 21.9. The molecule has 2 aromatic rings. The summed E-state index contributed by atoms with van der Waals surface area (Å²) in [6.07, 6.45) is 3.17. The Morgan fingerprint density at radius 3 is 2.54 bits per heavy atom. The molecular weight excluding hydrogens is 464 g/mol. The molecule has 0 spiro atoms. The van der Waals surface area contributed by atoms with Gasteiger partial charge in [-0.1, -0.05) is 26.8 Å². The first-order valence-electron chi connectivity index (χ1n) is 13.7. The van der Waals surface area contributed by atoms with Crippen molar-refractivity contribution in [2.75, 3.05) is 49.6 Å². The molecule has 3 fully saturated rings. The predicted octanol–water partition coefficient (Wildman–Crippen LogP) is 3.94. The Hall–Kier alpha value is -2.92. The summed E-state index contributed by atoms with van der Waals surface area (Å²) >= 11 is 0. The Labute approximate surface area is 218 Å². The third-order valence-corrected chi connectivity index (χ3v) is 9.68. The van der Waals surface area contributed by atoms with E-state index in [-0.39, 0.29) is 5.78 Å². The van der Waals surface area contributed by atoms with E-state index in [1.165, 1.54) is 11.3 Å². The van der Waals surface area contributed by atoms with Gasteiger partial charge in [0.2, 0.25) is 11.4 Å². The Kier molecular flexibility index (Phi) is 4.89. The molecule has 192 valence electrons. The quantitative estimate of drug-likeness (QED) is 0.642. The second kappa shape index (κ2) is 7.80. The van der Waals surface area contributed by atoms with Crippen molar-refractivity contribution in [2.24, 2.45) is 0 Å². The van der Waals surface area contributed by atoms with Crippen molar-refractivity contribution in [3.63, 3.8) is 0 Å². The van der Waals surface area contributed by atoms with Crippen molar-refractivity contribution in [3.8, 4) is 6.07 Å². The average molecular weight is 499 g/mol. The number of hydrogen-bond donors (Lipinski definition) is 1. The van der Waals surface area contributed by atoms with Gasteiger partial charge in [-0.15, -0.1) is 0 Å². The third kappa shape index (κ3) is 2.89. The number of carbonyl (C=O) groups excluding carboxylic acids is 1. The van der Waals surface area contributed by atoms with Crippen molar-refractivity contribution >= 4 is 17.2 Å². The fraction of sp³-hybridized carbons (Fsp3) is 0.533. The lowest BCUT2D eigenvalue weighted by Crippen LogP contribution is -2.52. The SMILES string of the molecule is CCc1cc2c(cc1N1CCC(N3CCOCC3)CC1)C(C)(C)C13Nc4cc(C#N)ccc4C1(O3)C2=O. The van der Waals surface area contributed by atoms with E-state index >= 15 is 0 Å². The van der Waals surface area contributed by atoms with E-state index < -0.39 is 16.7 Å². The van der Waals surface area contributed by atoms with Crippen LogP contribution in [-0.4, -0.2) is 61.8 Å². The van der Waals surface area contributed by atoms with Gasteiger partial charge in [0.1, 0.15) is 0 Å². The zero-order chi connectivity index (χ0) is 25.6. The molecule has 7 rings (SSSR count). The van der Waals surface area contributed by atoms with Crippen LogP contribution in [0.2, 0.25) is 0 Å². The number of ether oxygens (including phenoxy) is 2. The molecule has 3 saturated heterocycles.